The van der Waals surface area contributed by atoms with Crippen molar-refractivity contribution in [3.8, 4) is 11.5 Å². The summed E-state index contributed by atoms with van der Waals surface area (Å²) in [5, 5.41) is 7.45. The lowest BCUT2D eigenvalue weighted by Crippen LogP contribution is -2.14. The van der Waals surface area contributed by atoms with Crippen LogP contribution in [0, 0.1) is 5.41 Å². The van der Waals surface area contributed by atoms with E-state index in [1.165, 1.54) is 0 Å². The SMILES string of the molecule is N=C(N)c1ncccc1Oc1ccc(Br)cc1Br. The van der Waals surface area contributed by atoms with E-state index >= 15 is 0 Å². The molecule has 4 nitrogen and oxygen atoms in total. The summed E-state index contributed by atoms with van der Waals surface area (Å²) >= 11 is 6.77. The van der Waals surface area contributed by atoms with E-state index in [0.717, 1.165) is 8.95 Å². The maximum Gasteiger partial charge on any atom is 0.156 e. The molecule has 0 aliphatic rings. The van der Waals surface area contributed by atoms with E-state index in [-0.39, 0.29) is 5.84 Å². The van der Waals surface area contributed by atoms with E-state index < -0.39 is 0 Å². The molecule has 0 saturated heterocycles. The van der Waals surface area contributed by atoms with Crippen LogP contribution in [-0.4, -0.2) is 10.8 Å². The summed E-state index contributed by atoms with van der Waals surface area (Å²) < 4.78 is 7.45. The molecule has 3 N–H and O–H groups in total. The third-order valence-corrected chi connectivity index (χ3v) is 3.25. The minimum Gasteiger partial charge on any atom is -0.454 e. The molecule has 0 bridgehead atoms. The lowest BCUT2D eigenvalue weighted by molar-refractivity contribution is 0.476. The number of ether oxygens (including phenoxy) is 1. The largest absolute Gasteiger partial charge is 0.454 e. The normalized spacial score (nSPS) is 10.1. The Morgan fingerprint density at radius 1 is 1.22 bits per heavy atom. The Bertz CT molecular complexity index is 602. The number of hydrogen-bond acceptors (Lipinski definition) is 3. The predicted octanol–water partition coefficient (Wildman–Crippen LogP) is 3.68. The first kappa shape index (κ1) is 13.0. The van der Waals surface area contributed by atoms with Gasteiger partial charge in [-0.1, -0.05) is 15.9 Å². The Hall–Kier alpha value is -1.40. The molecule has 1 aromatic carbocycles. The summed E-state index contributed by atoms with van der Waals surface area (Å²) in [6, 6.07) is 9.00. The first-order chi connectivity index (χ1) is 8.58. The van der Waals surface area contributed by atoms with Gasteiger partial charge in [0.1, 0.15) is 17.3 Å². The zero-order valence-electron chi connectivity index (χ0n) is 9.15. The van der Waals surface area contributed by atoms with Crippen LogP contribution in [0.1, 0.15) is 5.69 Å². The van der Waals surface area contributed by atoms with E-state index in [1.54, 1.807) is 18.3 Å². The average molecular weight is 371 g/mol. The topological polar surface area (TPSA) is 72.0 Å². The summed E-state index contributed by atoms with van der Waals surface area (Å²) in [5.41, 5.74) is 5.78. The number of nitrogen functional groups attached to an aromatic ring is 1. The molecular weight excluding hydrogens is 362 g/mol. The van der Waals surface area contributed by atoms with Crippen LogP contribution in [0.15, 0.2) is 45.5 Å². The summed E-state index contributed by atoms with van der Waals surface area (Å²) in [6.45, 7) is 0. The summed E-state index contributed by atoms with van der Waals surface area (Å²) in [7, 11) is 0. The first-order valence-electron chi connectivity index (χ1n) is 5.00. The monoisotopic (exact) mass is 369 g/mol. The number of nitrogens with two attached hydrogens (primary N) is 1. The van der Waals surface area contributed by atoms with Gasteiger partial charge in [-0.3, -0.25) is 5.41 Å². The molecule has 0 spiro atoms. The Balaban J connectivity index is 2.37. The van der Waals surface area contributed by atoms with E-state index in [9.17, 15) is 0 Å². The van der Waals surface area contributed by atoms with Crippen LogP contribution in [-0.2, 0) is 0 Å². The van der Waals surface area contributed by atoms with E-state index in [0.29, 0.717) is 17.2 Å². The highest BCUT2D eigenvalue weighted by Gasteiger charge is 2.10. The van der Waals surface area contributed by atoms with Crippen molar-refractivity contribution in [3.05, 3.63) is 51.2 Å². The highest BCUT2D eigenvalue weighted by atomic mass is 79.9. The molecule has 1 heterocycles. The molecule has 0 atom stereocenters. The van der Waals surface area contributed by atoms with Gasteiger partial charge in [0.2, 0.25) is 0 Å². The highest BCUT2D eigenvalue weighted by molar-refractivity contribution is 9.11. The van der Waals surface area contributed by atoms with Crippen molar-refractivity contribution in [3.63, 3.8) is 0 Å². The number of rotatable bonds is 3. The van der Waals surface area contributed by atoms with Crippen LogP contribution in [0.5, 0.6) is 11.5 Å². The van der Waals surface area contributed by atoms with Crippen LogP contribution >= 0.6 is 31.9 Å². The number of nitrogens with one attached hydrogen (secondary N) is 1. The Kier molecular flexibility index (Phi) is 3.98. The van der Waals surface area contributed by atoms with Gasteiger partial charge in [-0.05, 0) is 46.3 Å². The molecule has 92 valence electrons. The van der Waals surface area contributed by atoms with Gasteiger partial charge >= 0.3 is 0 Å². The van der Waals surface area contributed by atoms with Crippen molar-refractivity contribution >= 4 is 37.7 Å². The van der Waals surface area contributed by atoms with Crippen LogP contribution in [0.3, 0.4) is 0 Å². The standard InChI is InChI=1S/C12H9Br2N3O/c13-7-3-4-9(8(14)6-7)18-10-2-1-5-17-11(10)12(15)16/h1-6H,(H3,15,16). The molecule has 6 heteroatoms. The van der Waals surface area contributed by atoms with Gasteiger partial charge in [-0.2, -0.15) is 0 Å². The molecule has 0 fully saturated rings. The number of pyridine rings is 1. The fourth-order valence-corrected chi connectivity index (χ4v) is 2.48. The molecule has 2 rings (SSSR count). The molecule has 0 saturated carbocycles. The van der Waals surface area contributed by atoms with Crippen molar-refractivity contribution in [1.29, 1.82) is 5.41 Å². The Morgan fingerprint density at radius 3 is 2.67 bits per heavy atom. The van der Waals surface area contributed by atoms with Crippen LogP contribution in [0.2, 0.25) is 0 Å². The van der Waals surface area contributed by atoms with E-state index in [2.05, 4.69) is 36.8 Å². The lowest BCUT2D eigenvalue weighted by atomic mass is 10.3. The van der Waals surface area contributed by atoms with Crippen molar-refractivity contribution in [2.75, 3.05) is 0 Å². The molecular formula is C12H9Br2N3O. The molecule has 0 amide bonds. The Morgan fingerprint density at radius 2 is 2.00 bits per heavy atom. The van der Waals surface area contributed by atoms with Gasteiger partial charge in [0.05, 0.1) is 4.47 Å². The molecule has 0 aliphatic carbocycles. The summed E-state index contributed by atoms with van der Waals surface area (Å²) in [5.74, 6) is 0.959. The van der Waals surface area contributed by atoms with E-state index in [1.807, 2.05) is 18.2 Å². The zero-order valence-corrected chi connectivity index (χ0v) is 12.3. The third-order valence-electron chi connectivity index (χ3n) is 2.14. The smallest absolute Gasteiger partial charge is 0.156 e. The van der Waals surface area contributed by atoms with Crippen LogP contribution < -0.4 is 10.5 Å². The van der Waals surface area contributed by atoms with Gasteiger partial charge in [0.15, 0.2) is 5.75 Å². The van der Waals surface area contributed by atoms with Gasteiger partial charge in [0, 0.05) is 10.7 Å². The van der Waals surface area contributed by atoms with E-state index in [4.69, 9.17) is 15.9 Å². The number of aromatic nitrogens is 1. The van der Waals surface area contributed by atoms with Gasteiger partial charge in [-0.15, -0.1) is 0 Å². The highest BCUT2D eigenvalue weighted by Crippen LogP contribution is 2.32. The first-order valence-corrected chi connectivity index (χ1v) is 6.59. The van der Waals surface area contributed by atoms with Crippen molar-refractivity contribution in [2.45, 2.75) is 0 Å². The number of hydrogen-bond donors (Lipinski definition) is 2. The number of halogens is 2. The number of nitrogens with zero attached hydrogens (tertiary/aromatic N) is 1. The fourth-order valence-electron chi connectivity index (χ4n) is 1.35. The van der Waals surface area contributed by atoms with Crippen LogP contribution in [0.25, 0.3) is 0 Å². The third kappa shape index (κ3) is 2.88. The molecule has 1 aromatic heterocycles. The molecule has 2 aromatic rings. The molecule has 0 aliphatic heterocycles. The Labute approximate surface area is 121 Å². The maximum atomic E-state index is 7.45. The summed E-state index contributed by atoms with van der Waals surface area (Å²) in [6.07, 6.45) is 1.57. The molecule has 0 radical (unpaired) electrons. The fraction of sp³-hybridized carbons (Fsp3) is 0. The van der Waals surface area contributed by atoms with Crippen molar-refractivity contribution in [1.82, 2.24) is 4.98 Å². The van der Waals surface area contributed by atoms with Crippen molar-refractivity contribution < 1.29 is 4.74 Å². The minimum atomic E-state index is -0.126. The van der Waals surface area contributed by atoms with Crippen molar-refractivity contribution in [2.24, 2.45) is 5.73 Å². The quantitative estimate of drug-likeness (QED) is 0.639. The maximum absolute atomic E-state index is 7.45. The number of amidine groups is 1. The number of benzene rings is 1. The predicted molar refractivity (Wildman–Crippen MR) is 77.2 cm³/mol. The second kappa shape index (κ2) is 5.49. The minimum absolute atomic E-state index is 0.126. The van der Waals surface area contributed by atoms with Gasteiger partial charge in [0.25, 0.3) is 0 Å². The van der Waals surface area contributed by atoms with Crippen LogP contribution in [0.4, 0.5) is 0 Å². The molecule has 0 unspecified atom stereocenters. The second-order valence-corrected chi connectivity index (χ2v) is 5.21. The summed E-state index contributed by atoms with van der Waals surface area (Å²) in [4.78, 5) is 4.02. The van der Waals surface area contributed by atoms with Gasteiger partial charge < -0.3 is 10.5 Å². The van der Waals surface area contributed by atoms with Gasteiger partial charge in [-0.25, -0.2) is 4.98 Å². The zero-order chi connectivity index (χ0) is 13.1. The lowest BCUT2D eigenvalue weighted by Gasteiger charge is -2.10. The second-order valence-electron chi connectivity index (χ2n) is 3.44. The molecule has 18 heavy (non-hydrogen) atoms. The average Bonchev–Trinajstić information content (AvgIpc) is 2.33.